The Morgan fingerprint density at radius 1 is 0.935 bits per heavy atom. The highest BCUT2D eigenvalue weighted by atomic mass is 19.1. The second-order valence-corrected chi connectivity index (χ2v) is 7.48. The van der Waals surface area contributed by atoms with Gasteiger partial charge in [0, 0.05) is 17.2 Å². The molecule has 0 aliphatic heterocycles. The molecule has 0 heterocycles. The van der Waals surface area contributed by atoms with E-state index in [4.69, 9.17) is 5.73 Å². The molecule has 4 N–H and O–H groups in total. The molecule has 1 saturated carbocycles. The average Bonchev–Trinajstić information content (AvgIpc) is 3.58. The van der Waals surface area contributed by atoms with Gasteiger partial charge in [-0.25, -0.2) is 4.39 Å². The zero-order chi connectivity index (χ0) is 21.8. The number of carbonyl (C=O) groups is 2. The molecule has 3 aromatic carbocycles. The molecule has 1 fully saturated rings. The number of para-hydroxylation sites is 2. The molecule has 1 aliphatic rings. The minimum atomic E-state index is -0.408. The van der Waals surface area contributed by atoms with E-state index in [1.165, 1.54) is 12.1 Å². The van der Waals surface area contributed by atoms with Gasteiger partial charge in [0.25, 0.3) is 11.8 Å². The lowest BCUT2D eigenvalue weighted by Gasteiger charge is -2.10. The molecule has 4 rings (SSSR count). The molecule has 0 bridgehead atoms. The van der Waals surface area contributed by atoms with Gasteiger partial charge < -0.3 is 16.4 Å². The molecule has 0 atom stereocenters. The van der Waals surface area contributed by atoms with Crippen LogP contribution < -0.4 is 16.4 Å². The third kappa shape index (κ3) is 5.17. The molecule has 3 aromatic rings. The van der Waals surface area contributed by atoms with Gasteiger partial charge in [-0.05, 0) is 66.4 Å². The van der Waals surface area contributed by atoms with Crippen molar-refractivity contribution in [2.75, 3.05) is 11.1 Å². The summed E-state index contributed by atoms with van der Waals surface area (Å²) in [7, 11) is 0. The number of nitrogen functional groups attached to an aromatic ring is 1. The van der Waals surface area contributed by atoms with Crippen LogP contribution in [-0.4, -0.2) is 17.9 Å². The lowest BCUT2D eigenvalue weighted by atomic mass is 10.0. The van der Waals surface area contributed by atoms with E-state index in [2.05, 4.69) is 10.6 Å². The Morgan fingerprint density at radius 3 is 2.35 bits per heavy atom. The second-order valence-electron chi connectivity index (χ2n) is 7.48. The predicted molar refractivity (Wildman–Crippen MR) is 121 cm³/mol. The lowest BCUT2D eigenvalue weighted by Crippen LogP contribution is -2.26. The highest BCUT2D eigenvalue weighted by Crippen LogP contribution is 2.24. The van der Waals surface area contributed by atoms with E-state index in [-0.39, 0.29) is 17.9 Å². The number of benzene rings is 3. The number of nitrogens with one attached hydrogen (secondary N) is 2. The number of hydrogen-bond acceptors (Lipinski definition) is 3. The first-order valence-corrected chi connectivity index (χ1v) is 10.0. The fraction of sp³-hybridized carbons (Fsp3) is 0.120. The third-order valence-corrected chi connectivity index (χ3v) is 4.99. The molecule has 2 amide bonds. The summed E-state index contributed by atoms with van der Waals surface area (Å²) in [6, 6.07) is 20.0. The van der Waals surface area contributed by atoms with Gasteiger partial charge >= 0.3 is 0 Å². The van der Waals surface area contributed by atoms with Gasteiger partial charge in [-0.1, -0.05) is 36.4 Å². The number of rotatable bonds is 6. The van der Waals surface area contributed by atoms with Gasteiger partial charge in [0.1, 0.15) is 5.82 Å². The van der Waals surface area contributed by atoms with Crippen LogP contribution in [0.2, 0.25) is 0 Å². The van der Waals surface area contributed by atoms with Gasteiger partial charge in [0.2, 0.25) is 0 Å². The molecular weight excluding hydrogens is 393 g/mol. The fourth-order valence-corrected chi connectivity index (χ4v) is 3.13. The maximum atomic E-state index is 13.7. The van der Waals surface area contributed by atoms with Crippen LogP contribution in [0.25, 0.3) is 11.6 Å². The Hall–Kier alpha value is -3.93. The fourth-order valence-electron chi connectivity index (χ4n) is 3.13. The maximum absolute atomic E-state index is 13.7. The Balaban J connectivity index is 1.57. The van der Waals surface area contributed by atoms with Crippen molar-refractivity contribution in [1.82, 2.24) is 5.32 Å². The molecule has 1 aliphatic carbocycles. The van der Waals surface area contributed by atoms with Gasteiger partial charge in [0.15, 0.2) is 0 Å². The molecule has 5 nitrogen and oxygen atoms in total. The quantitative estimate of drug-likeness (QED) is 0.315. The third-order valence-electron chi connectivity index (χ3n) is 4.99. The highest BCUT2D eigenvalue weighted by Gasteiger charge is 2.25. The van der Waals surface area contributed by atoms with Crippen molar-refractivity contribution in [3.8, 4) is 0 Å². The summed E-state index contributed by atoms with van der Waals surface area (Å²) in [5.41, 5.74) is 8.95. The van der Waals surface area contributed by atoms with Crippen LogP contribution in [-0.2, 0) is 4.79 Å². The molecule has 0 aromatic heterocycles. The number of hydrogen-bond donors (Lipinski definition) is 3. The lowest BCUT2D eigenvalue weighted by molar-refractivity contribution is -0.115. The van der Waals surface area contributed by atoms with Crippen molar-refractivity contribution in [3.63, 3.8) is 0 Å². The van der Waals surface area contributed by atoms with E-state index in [1.54, 1.807) is 66.7 Å². The average molecular weight is 415 g/mol. The Morgan fingerprint density at radius 2 is 1.68 bits per heavy atom. The van der Waals surface area contributed by atoms with Crippen LogP contribution in [0.1, 0.15) is 34.3 Å². The molecule has 31 heavy (non-hydrogen) atoms. The summed E-state index contributed by atoms with van der Waals surface area (Å²) in [5.74, 6) is -0.936. The van der Waals surface area contributed by atoms with E-state index in [9.17, 15) is 14.0 Å². The van der Waals surface area contributed by atoms with E-state index in [1.807, 2.05) is 0 Å². The van der Waals surface area contributed by atoms with Crippen LogP contribution in [0.5, 0.6) is 0 Å². The first-order valence-electron chi connectivity index (χ1n) is 10.0. The molecule has 0 radical (unpaired) electrons. The normalized spacial score (nSPS) is 13.5. The monoisotopic (exact) mass is 415 g/mol. The van der Waals surface area contributed by atoms with Crippen molar-refractivity contribution in [2.24, 2.45) is 0 Å². The van der Waals surface area contributed by atoms with Gasteiger partial charge in [-0.15, -0.1) is 0 Å². The number of nitrogens with two attached hydrogens (primary N) is 1. The van der Waals surface area contributed by atoms with Crippen LogP contribution in [0, 0.1) is 5.82 Å². The summed E-state index contributed by atoms with van der Waals surface area (Å²) in [6.07, 6.45) is 3.61. The van der Waals surface area contributed by atoms with Crippen LogP contribution in [0.15, 0.2) is 72.8 Å². The molecular formula is C25H22FN3O2. The van der Waals surface area contributed by atoms with Crippen molar-refractivity contribution in [1.29, 1.82) is 0 Å². The van der Waals surface area contributed by atoms with E-state index >= 15 is 0 Å². The SMILES string of the molecule is Nc1ccccc1NC(=O)c1ccc(C=C(C(=O)NC2CC2)c2cccc(F)c2)cc1. The van der Waals surface area contributed by atoms with E-state index in [0.717, 1.165) is 18.4 Å². The maximum Gasteiger partial charge on any atom is 0.255 e. The second kappa shape index (κ2) is 8.83. The molecule has 0 saturated heterocycles. The zero-order valence-electron chi connectivity index (χ0n) is 16.8. The summed E-state index contributed by atoms with van der Waals surface area (Å²) in [4.78, 5) is 25.2. The number of carbonyl (C=O) groups excluding carboxylic acids is 2. The molecule has 6 heteroatoms. The molecule has 0 unspecified atom stereocenters. The van der Waals surface area contributed by atoms with Crippen molar-refractivity contribution >= 4 is 34.8 Å². The Labute approximate surface area is 179 Å². The largest absolute Gasteiger partial charge is 0.397 e. The number of amides is 2. The van der Waals surface area contributed by atoms with Gasteiger partial charge in [-0.2, -0.15) is 0 Å². The van der Waals surface area contributed by atoms with E-state index < -0.39 is 5.82 Å². The van der Waals surface area contributed by atoms with Crippen LogP contribution >= 0.6 is 0 Å². The first kappa shape index (κ1) is 20.3. The standard InChI is InChI=1S/C25H22FN3O2/c26-19-5-3-4-18(15-19)21(25(31)28-20-12-13-20)14-16-8-10-17(11-9-16)24(30)29-23-7-2-1-6-22(23)27/h1-11,14-15,20H,12-13,27H2,(H,28,31)(H,29,30). The Bertz CT molecular complexity index is 1150. The van der Waals surface area contributed by atoms with Crippen molar-refractivity contribution in [2.45, 2.75) is 18.9 Å². The first-order chi connectivity index (χ1) is 15.0. The van der Waals surface area contributed by atoms with E-state index in [0.29, 0.717) is 28.1 Å². The highest BCUT2D eigenvalue weighted by molar-refractivity contribution is 6.24. The van der Waals surface area contributed by atoms with Crippen molar-refractivity contribution in [3.05, 3.63) is 95.3 Å². The van der Waals surface area contributed by atoms with Gasteiger partial charge in [0.05, 0.1) is 11.4 Å². The minimum Gasteiger partial charge on any atom is -0.397 e. The van der Waals surface area contributed by atoms with Crippen LogP contribution in [0.3, 0.4) is 0 Å². The minimum absolute atomic E-state index is 0.181. The number of halogens is 1. The Kier molecular flexibility index (Phi) is 5.80. The molecule has 156 valence electrons. The molecule has 0 spiro atoms. The zero-order valence-corrected chi connectivity index (χ0v) is 16.8. The predicted octanol–water partition coefficient (Wildman–Crippen LogP) is 4.48. The summed E-state index contributed by atoms with van der Waals surface area (Å²) in [5, 5.41) is 5.73. The summed E-state index contributed by atoms with van der Waals surface area (Å²) < 4.78 is 13.7. The van der Waals surface area contributed by atoms with Crippen LogP contribution in [0.4, 0.5) is 15.8 Å². The number of anilines is 2. The topological polar surface area (TPSA) is 84.2 Å². The van der Waals surface area contributed by atoms with Crippen molar-refractivity contribution < 1.29 is 14.0 Å². The summed E-state index contributed by atoms with van der Waals surface area (Å²) >= 11 is 0. The van der Waals surface area contributed by atoms with Gasteiger partial charge in [-0.3, -0.25) is 9.59 Å². The summed E-state index contributed by atoms with van der Waals surface area (Å²) in [6.45, 7) is 0. The smallest absolute Gasteiger partial charge is 0.255 e.